The maximum absolute atomic E-state index is 11.3. The maximum Gasteiger partial charge on any atom is 0.325 e. The number of urea groups is 1. The smallest absolute Gasteiger partial charge is 0.314 e. The highest BCUT2D eigenvalue weighted by molar-refractivity contribution is 5.87. The van der Waals surface area contributed by atoms with Gasteiger partial charge in [0.1, 0.15) is 6.33 Å². The molecular formula is C9H13N5O. The minimum atomic E-state index is -0.300. The lowest BCUT2D eigenvalue weighted by atomic mass is 10.2. The van der Waals surface area contributed by atoms with Gasteiger partial charge in [-0.3, -0.25) is 5.32 Å². The van der Waals surface area contributed by atoms with Crippen molar-refractivity contribution in [3.8, 4) is 0 Å². The summed E-state index contributed by atoms with van der Waals surface area (Å²) in [4.78, 5) is 15.1. The number of allylic oxidation sites excluding steroid dienone is 1. The van der Waals surface area contributed by atoms with Crippen LogP contribution >= 0.6 is 0 Å². The Morgan fingerprint density at radius 2 is 2.27 bits per heavy atom. The number of H-pyrrole nitrogens is 1. The molecule has 1 aromatic rings. The molecule has 1 saturated carbocycles. The molecule has 3 N–H and O–H groups in total. The number of aromatic amines is 1. The number of anilines is 1. The molecule has 1 aromatic heterocycles. The molecule has 2 amide bonds. The lowest BCUT2D eigenvalue weighted by molar-refractivity contribution is 0.255. The molecule has 0 radical (unpaired) electrons. The molecule has 0 spiro atoms. The van der Waals surface area contributed by atoms with Gasteiger partial charge in [0.05, 0.1) is 0 Å². The fraction of sp³-hybridized carbons (Fsp3) is 0.444. The SMILES string of the molecule is O=C(NC=C1CCCC1)Nc1ncn[nH]1. The van der Waals surface area contributed by atoms with Gasteiger partial charge < -0.3 is 5.32 Å². The summed E-state index contributed by atoms with van der Waals surface area (Å²) in [6.07, 6.45) is 7.73. The number of rotatable bonds is 2. The van der Waals surface area contributed by atoms with Gasteiger partial charge in [0.15, 0.2) is 0 Å². The first-order valence-electron chi connectivity index (χ1n) is 4.95. The largest absolute Gasteiger partial charge is 0.325 e. The Balaban J connectivity index is 1.80. The van der Waals surface area contributed by atoms with Gasteiger partial charge in [0.25, 0.3) is 0 Å². The average molecular weight is 207 g/mol. The topological polar surface area (TPSA) is 82.7 Å². The number of amides is 2. The highest BCUT2D eigenvalue weighted by Crippen LogP contribution is 2.22. The molecule has 0 atom stereocenters. The predicted molar refractivity (Wildman–Crippen MR) is 55.1 cm³/mol. The van der Waals surface area contributed by atoms with Crippen LogP contribution in [0.3, 0.4) is 0 Å². The van der Waals surface area contributed by atoms with Crippen LogP contribution in [0.4, 0.5) is 10.7 Å². The van der Waals surface area contributed by atoms with Crippen molar-refractivity contribution < 1.29 is 4.79 Å². The number of nitrogens with zero attached hydrogens (tertiary/aromatic N) is 2. The third kappa shape index (κ3) is 2.80. The fourth-order valence-corrected chi connectivity index (χ4v) is 1.55. The van der Waals surface area contributed by atoms with Crippen LogP contribution in [0.5, 0.6) is 0 Å². The zero-order chi connectivity index (χ0) is 10.5. The van der Waals surface area contributed by atoms with Crippen molar-refractivity contribution >= 4 is 12.0 Å². The first-order chi connectivity index (χ1) is 7.34. The van der Waals surface area contributed by atoms with Crippen LogP contribution < -0.4 is 10.6 Å². The zero-order valence-electron chi connectivity index (χ0n) is 8.29. The summed E-state index contributed by atoms with van der Waals surface area (Å²) >= 11 is 0. The van der Waals surface area contributed by atoms with Crippen LogP contribution in [0.25, 0.3) is 0 Å². The van der Waals surface area contributed by atoms with E-state index in [1.807, 2.05) is 0 Å². The van der Waals surface area contributed by atoms with E-state index in [1.165, 1.54) is 24.7 Å². The van der Waals surface area contributed by atoms with Crippen LogP contribution in [0.15, 0.2) is 18.1 Å². The minimum Gasteiger partial charge on any atom is -0.314 e. The molecule has 0 aliphatic heterocycles. The average Bonchev–Trinajstić information content (AvgIpc) is 2.86. The quantitative estimate of drug-likeness (QED) is 0.685. The molecule has 2 rings (SSSR count). The Bertz CT molecular complexity index is 349. The first-order valence-corrected chi connectivity index (χ1v) is 4.95. The van der Waals surface area contributed by atoms with E-state index in [1.54, 1.807) is 6.20 Å². The summed E-state index contributed by atoms with van der Waals surface area (Å²) in [7, 11) is 0. The highest BCUT2D eigenvalue weighted by atomic mass is 16.2. The summed E-state index contributed by atoms with van der Waals surface area (Å²) in [5.41, 5.74) is 1.29. The van der Waals surface area contributed by atoms with E-state index >= 15 is 0 Å². The third-order valence-corrected chi connectivity index (χ3v) is 2.30. The number of carbonyl (C=O) groups excluding carboxylic acids is 1. The van der Waals surface area contributed by atoms with E-state index in [0.717, 1.165) is 12.8 Å². The van der Waals surface area contributed by atoms with Crippen LogP contribution in [0.2, 0.25) is 0 Å². The molecule has 0 bridgehead atoms. The fourth-order valence-electron chi connectivity index (χ4n) is 1.55. The number of hydrogen-bond donors (Lipinski definition) is 3. The predicted octanol–water partition coefficient (Wildman–Crippen LogP) is 1.38. The van der Waals surface area contributed by atoms with E-state index < -0.39 is 0 Å². The molecule has 6 heteroatoms. The Hall–Kier alpha value is -1.85. The molecule has 15 heavy (non-hydrogen) atoms. The van der Waals surface area contributed by atoms with Crippen LogP contribution in [0, 0.1) is 0 Å². The number of hydrogen-bond acceptors (Lipinski definition) is 3. The van der Waals surface area contributed by atoms with Crippen molar-refractivity contribution in [2.45, 2.75) is 25.7 Å². The van der Waals surface area contributed by atoms with Gasteiger partial charge in [-0.2, -0.15) is 10.1 Å². The Morgan fingerprint density at radius 3 is 2.93 bits per heavy atom. The van der Waals surface area contributed by atoms with Crippen molar-refractivity contribution in [2.75, 3.05) is 5.32 Å². The second-order valence-corrected chi connectivity index (χ2v) is 3.44. The molecule has 0 aromatic carbocycles. The summed E-state index contributed by atoms with van der Waals surface area (Å²) in [5, 5.41) is 11.3. The van der Waals surface area contributed by atoms with Crippen molar-refractivity contribution in [2.24, 2.45) is 0 Å². The van der Waals surface area contributed by atoms with E-state index in [2.05, 4.69) is 25.8 Å². The summed E-state index contributed by atoms with van der Waals surface area (Å²) in [6, 6.07) is -0.300. The number of nitrogens with one attached hydrogen (secondary N) is 3. The standard InChI is InChI=1S/C9H13N5O/c15-9(13-8-11-6-12-14-8)10-5-7-3-1-2-4-7/h5-6H,1-4H2,(H3,10,11,12,13,14,15). The normalized spacial score (nSPS) is 15.1. The van der Waals surface area contributed by atoms with E-state index in [9.17, 15) is 4.79 Å². The summed E-state index contributed by atoms with van der Waals surface area (Å²) in [6.45, 7) is 0. The molecule has 0 unspecified atom stereocenters. The van der Waals surface area contributed by atoms with Crippen molar-refractivity contribution in [1.82, 2.24) is 20.5 Å². The second-order valence-electron chi connectivity index (χ2n) is 3.44. The van der Waals surface area contributed by atoms with Gasteiger partial charge in [0, 0.05) is 6.20 Å². The first kappa shape index (κ1) is 9.70. The molecule has 1 aliphatic rings. The van der Waals surface area contributed by atoms with Gasteiger partial charge in [-0.25, -0.2) is 9.89 Å². The van der Waals surface area contributed by atoms with E-state index in [-0.39, 0.29) is 6.03 Å². The molecule has 1 heterocycles. The lowest BCUT2D eigenvalue weighted by Crippen LogP contribution is -2.24. The Kier molecular flexibility index (Phi) is 2.96. The highest BCUT2D eigenvalue weighted by Gasteiger charge is 2.07. The zero-order valence-corrected chi connectivity index (χ0v) is 8.29. The Morgan fingerprint density at radius 1 is 1.47 bits per heavy atom. The molecule has 0 saturated heterocycles. The monoisotopic (exact) mass is 207 g/mol. The maximum atomic E-state index is 11.3. The molecule has 80 valence electrons. The molecule has 1 aliphatic carbocycles. The minimum absolute atomic E-state index is 0.300. The second kappa shape index (κ2) is 4.59. The third-order valence-electron chi connectivity index (χ3n) is 2.30. The van der Waals surface area contributed by atoms with Gasteiger partial charge in [-0.1, -0.05) is 5.57 Å². The van der Waals surface area contributed by atoms with Gasteiger partial charge in [-0.15, -0.1) is 0 Å². The summed E-state index contributed by atoms with van der Waals surface area (Å²) < 4.78 is 0. The van der Waals surface area contributed by atoms with E-state index in [0.29, 0.717) is 5.95 Å². The van der Waals surface area contributed by atoms with Crippen molar-refractivity contribution in [1.29, 1.82) is 0 Å². The van der Waals surface area contributed by atoms with Gasteiger partial charge >= 0.3 is 6.03 Å². The number of aromatic nitrogens is 3. The molecular weight excluding hydrogens is 194 g/mol. The van der Waals surface area contributed by atoms with Gasteiger partial charge in [-0.05, 0) is 25.7 Å². The van der Waals surface area contributed by atoms with E-state index in [4.69, 9.17) is 0 Å². The number of carbonyl (C=O) groups is 1. The lowest BCUT2D eigenvalue weighted by Gasteiger charge is -2.01. The molecule has 6 nitrogen and oxygen atoms in total. The van der Waals surface area contributed by atoms with Crippen LogP contribution in [-0.2, 0) is 0 Å². The molecule has 1 fully saturated rings. The van der Waals surface area contributed by atoms with Gasteiger partial charge in [0.2, 0.25) is 5.95 Å². The Labute approximate surface area is 87.2 Å². The van der Waals surface area contributed by atoms with Crippen LogP contribution in [0.1, 0.15) is 25.7 Å². The van der Waals surface area contributed by atoms with Crippen molar-refractivity contribution in [3.63, 3.8) is 0 Å². The summed E-state index contributed by atoms with van der Waals surface area (Å²) in [5.74, 6) is 0.345. The van der Waals surface area contributed by atoms with Crippen molar-refractivity contribution in [3.05, 3.63) is 18.1 Å². The van der Waals surface area contributed by atoms with Crippen LogP contribution in [-0.4, -0.2) is 21.2 Å².